The molecule has 20 heavy (non-hydrogen) atoms. The smallest absolute Gasteiger partial charge is 0.321 e. The Morgan fingerprint density at radius 1 is 1.25 bits per heavy atom. The molecular formula is C15H22N3O2+. The highest BCUT2D eigenvalue weighted by Gasteiger charge is 2.24. The summed E-state index contributed by atoms with van der Waals surface area (Å²) >= 11 is 0. The molecule has 0 spiro atoms. The van der Waals surface area contributed by atoms with E-state index in [4.69, 9.17) is 0 Å². The van der Waals surface area contributed by atoms with E-state index < -0.39 is 0 Å². The Balaban J connectivity index is 1.72. The van der Waals surface area contributed by atoms with Crippen molar-refractivity contribution in [2.75, 3.05) is 13.6 Å². The molecule has 0 saturated heterocycles. The van der Waals surface area contributed by atoms with Crippen LogP contribution in [0.15, 0.2) is 24.3 Å². The predicted octanol–water partition coefficient (Wildman–Crippen LogP) is -0.00208. The summed E-state index contributed by atoms with van der Waals surface area (Å²) in [5.74, 6) is -0.243. The number of aryl methyl sites for hydroxylation is 1. The van der Waals surface area contributed by atoms with E-state index in [2.05, 4.69) is 34.9 Å². The summed E-state index contributed by atoms with van der Waals surface area (Å²) in [5, 5.41) is 5.10. The fourth-order valence-corrected chi connectivity index (χ4v) is 2.01. The van der Waals surface area contributed by atoms with Crippen LogP contribution in [0.1, 0.15) is 24.0 Å². The van der Waals surface area contributed by atoms with Gasteiger partial charge < -0.3 is 10.2 Å². The van der Waals surface area contributed by atoms with Crippen molar-refractivity contribution in [2.45, 2.75) is 32.4 Å². The lowest BCUT2D eigenvalue weighted by molar-refractivity contribution is -0.885. The molecule has 1 aliphatic carbocycles. The normalized spacial score (nSPS) is 15.5. The van der Waals surface area contributed by atoms with E-state index in [0.29, 0.717) is 0 Å². The topological polar surface area (TPSA) is 62.6 Å². The fourth-order valence-electron chi connectivity index (χ4n) is 2.01. The van der Waals surface area contributed by atoms with Crippen LogP contribution in [0.5, 0.6) is 0 Å². The number of benzene rings is 1. The number of hydrogen-bond donors (Lipinski definition) is 3. The van der Waals surface area contributed by atoms with E-state index in [1.165, 1.54) is 11.1 Å². The highest BCUT2D eigenvalue weighted by atomic mass is 16.2. The lowest BCUT2D eigenvalue weighted by atomic mass is 10.1. The highest BCUT2D eigenvalue weighted by molar-refractivity contribution is 5.94. The Morgan fingerprint density at radius 3 is 2.50 bits per heavy atom. The van der Waals surface area contributed by atoms with Crippen LogP contribution in [0.3, 0.4) is 0 Å². The first-order valence-electron chi connectivity index (χ1n) is 7.00. The van der Waals surface area contributed by atoms with Gasteiger partial charge in [0, 0.05) is 11.6 Å². The molecule has 0 radical (unpaired) electrons. The van der Waals surface area contributed by atoms with Gasteiger partial charge in [-0.05, 0) is 19.8 Å². The molecule has 0 bridgehead atoms. The fraction of sp³-hybridized carbons (Fsp3) is 0.467. The summed E-state index contributed by atoms with van der Waals surface area (Å²) in [7, 11) is 1.94. The lowest BCUT2D eigenvalue weighted by Gasteiger charge is -2.13. The molecule has 1 aromatic carbocycles. The summed E-state index contributed by atoms with van der Waals surface area (Å²) in [5.41, 5.74) is 2.41. The van der Waals surface area contributed by atoms with Crippen molar-refractivity contribution in [3.05, 3.63) is 35.4 Å². The van der Waals surface area contributed by atoms with E-state index in [1.807, 2.05) is 14.0 Å². The van der Waals surface area contributed by atoms with Gasteiger partial charge in [0.15, 0.2) is 6.54 Å². The molecule has 1 aromatic rings. The number of rotatable bonds is 5. The molecule has 1 fully saturated rings. The monoisotopic (exact) mass is 276 g/mol. The van der Waals surface area contributed by atoms with Crippen molar-refractivity contribution in [3.8, 4) is 0 Å². The third-order valence-electron chi connectivity index (χ3n) is 3.25. The SMILES string of the molecule is Cc1ccc(C[NH+](C)CC(=O)NC(=O)NC2CC2)cc1. The van der Waals surface area contributed by atoms with E-state index in [-0.39, 0.29) is 24.5 Å². The number of amides is 3. The molecule has 1 unspecified atom stereocenters. The van der Waals surface area contributed by atoms with E-state index in [9.17, 15) is 9.59 Å². The molecular weight excluding hydrogens is 254 g/mol. The quantitative estimate of drug-likeness (QED) is 0.709. The zero-order valence-electron chi connectivity index (χ0n) is 12.0. The second kappa shape index (κ2) is 6.52. The second-order valence-corrected chi connectivity index (χ2v) is 5.59. The van der Waals surface area contributed by atoms with Gasteiger partial charge in [-0.15, -0.1) is 0 Å². The van der Waals surface area contributed by atoms with Crippen LogP contribution in [0, 0.1) is 6.92 Å². The predicted molar refractivity (Wildman–Crippen MR) is 76.3 cm³/mol. The molecule has 2 rings (SSSR count). The van der Waals surface area contributed by atoms with Crippen LogP contribution in [-0.2, 0) is 11.3 Å². The Bertz CT molecular complexity index is 480. The average molecular weight is 276 g/mol. The Labute approximate surface area is 119 Å². The van der Waals surface area contributed by atoms with E-state index in [1.54, 1.807) is 0 Å². The van der Waals surface area contributed by atoms with Gasteiger partial charge in [-0.25, -0.2) is 4.79 Å². The lowest BCUT2D eigenvalue weighted by Crippen LogP contribution is -3.09. The average Bonchev–Trinajstić information content (AvgIpc) is 3.15. The minimum atomic E-state index is -0.374. The number of quaternary nitrogens is 1. The highest BCUT2D eigenvalue weighted by Crippen LogP contribution is 2.18. The molecule has 1 saturated carbocycles. The zero-order valence-corrected chi connectivity index (χ0v) is 12.0. The summed E-state index contributed by atoms with van der Waals surface area (Å²) < 4.78 is 0. The van der Waals surface area contributed by atoms with Crippen LogP contribution < -0.4 is 15.5 Å². The molecule has 1 aliphatic rings. The van der Waals surface area contributed by atoms with Gasteiger partial charge in [-0.1, -0.05) is 29.8 Å². The van der Waals surface area contributed by atoms with Crippen LogP contribution in [0.25, 0.3) is 0 Å². The van der Waals surface area contributed by atoms with Gasteiger partial charge in [-0.2, -0.15) is 0 Å². The number of hydrogen-bond acceptors (Lipinski definition) is 2. The molecule has 0 heterocycles. The Kier molecular flexibility index (Phi) is 4.74. The molecule has 3 N–H and O–H groups in total. The third-order valence-corrected chi connectivity index (χ3v) is 3.25. The van der Waals surface area contributed by atoms with E-state index in [0.717, 1.165) is 24.3 Å². The molecule has 5 nitrogen and oxygen atoms in total. The molecule has 3 amide bonds. The first kappa shape index (κ1) is 14.5. The second-order valence-electron chi connectivity index (χ2n) is 5.59. The van der Waals surface area contributed by atoms with Gasteiger partial charge in [0.2, 0.25) is 0 Å². The van der Waals surface area contributed by atoms with Crippen molar-refractivity contribution in [1.29, 1.82) is 0 Å². The summed E-state index contributed by atoms with van der Waals surface area (Å²) in [6.07, 6.45) is 2.03. The number of nitrogens with one attached hydrogen (secondary N) is 3. The number of urea groups is 1. The first-order valence-corrected chi connectivity index (χ1v) is 7.00. The van der Waals surface area contributed by atoms with Crippen molar-refractivity contribution in [2.24, 2.45) is 0 Å². The van der Waals surface area contributed by atoms with Gasteiger partial charge in [0.05, 0.1) is 7.05 Å². The number of carbonyl (C=O) groups is 2. The minimum Gasteiger partial charge on any atom is -0.335 e. The van der Waals surface area contributed by atoms with Gasteiger partial charge in [0.25, 0.3) is 5.91 Å². The maximum absolute atomic E-state index is 11.7. The zero-order chi connectivity index (χ0) is 14.5. The van der Waals surface area contributed by atoms with Crippen molar-refractivity contribution in [1.82, 2.24) is 10.6 Å². The first-order chi connectivity index (χ1) is 9.52. The minimum absolute atomic E-state index is 0.243. The number of imide groups is 1. The van der Waals surface area contributed by atoms with Gasteiger partial charge in [0.1, 0.15) is 6.54 Å². The van der Waals surface area contributed by atoms with Gasteiger partial charge in [-0.3, -0.25) is 10.1 Å². The van der Waals surface area contributed by atoms with Crippen LogP contribution in [0.4, 0.5) is 4.79 Å². The maximum Gasteiger partial charge on any atom is 0.321 e. The molecule has 1 atom stereocenters. The van der Waals surface area contributed by atoms with Crippen molar-refractivity contribution >= 4 is 11.9 Å². The van der Waals surface area contributed by atoms with Crippen LogP contribution in [-0.4, -0.2) is 31.6 Å². The number of carbonyl (C=O) groups excluding carboxylic acids is 2. The molecule has 0 aromatic heterocycles. The van der Waals surface area contributed by atoms with Crippen LogP contribution >= 0.6 is 0 Å². The largest absolute Gasteiger partial charge is 0.335 e. The van der Waals surface area contributed by atoms with E-state index >= 15 is 0 Å². The van der Waals surface area contributed by atoms with Crippen LogP contribution in [0.2, 0.25) is 0 Å². The maximum atomic E-state index is 11.7. The Hall–Kier alpha value is -1.88. The standard InChI is InChI=1S/C15H21N3O2/c1-11-3-5-12(6-4-11)9-18(2)10-14(19)17-15(20)16-13-7-8-13/h3-6,13H,7-10H2,1-2H3,(H2,16,17,19,20)/p+1. The summed E-state index contributed by atoms with van der Waals surface area (Å²) in [6, 6.07) is 8.14. The Morgan fingerprint density at radius 2 is 1.90 bits per heavy atom. The summed E-state index contributed by atoms with van der Waals surface area (Å²) in [4.78, 5) is 24.2. The van der Waals surface area contributed by atoms with Crippen molar-refractivity contribution < 1.29 is 14.5 Å². The molecule has 5 heteroatoms. The number of likely N-dealkylation sites (N-methyl/N-ethyl adjacent to an activating group) is 1. The molecule has 0 aliphatic heterocycles. The molecule has 108 valence electrons. The van der Waals surface area contributed by atoms with Gasteiger partial charge >= 0.3 is 6.03 Å². The van der Waals surface area contributed by atoms with Crippen molar-refractivity contribution in [3.63, 3.8) is 0 Å². The summed E-state index contributed by atoms with van der Waals surface area (Å²) in [6.45, 7) is 3.09. The third kappa shape index (κ3) is 5.01.